The summed E-state index contributed by atoms with van der Waals surface area (Å²) in [6.07, 6.45) is 1.36. The van der Waals surface area contributed by atoms with Crippen LogP contribution in [0.15, 0.2) is 65.7 Å². The quantitative estimate of drug-likeness (QED) is 0.338. The molecule has 2 aromatic carbocycles. The number of para-hydroxylation sites is 1. The Kier molecular flexibility index (Phi) is 7.69. The van der Waals surface area contributed by atoms with Crippen LogP contribution in [-0.2, 0) is 16.6 Å². The number of rotatable bonds is 9. The van der Waals surface area contributed by atoms with Crippen molar-refractivity contribution in [2.45, 2.75) is 38.3 Å². The number of sulfonamides is 1. The second kappa shape index (κ2) is 11.2. The summed E-state index contributed by atoms with van der Waals surface area (Å²) in [6.45, 7) is 9.85. The summed E-state index contributed by atoms with van der Waals surface area (Å²) < 4.78 is 38.9. The number of hydrogen-bond acceptors (Lipinski definition) is 8. The van der Waals surface area contributed by atoms with Gasteiger partial charge in [0.2, 0.25) is 10.0 Å². The first-order valence-electron chi connectivity index (χ1n) is 13.0. The predicted octanol–water partition coefficient (Wildman–Crippen LogP) is 3.38. The average Bonchev–Trinajstić information content (AvgIpc) is 3.53. The monoisotopic (exact) mass is 550 g/mol. The number of likely N-dealkylation sites (N-methyl/N-ethyl adjacent to an activating group) is 1. The van der Waals surface area contributed by atoms with E-state index in [4.69, 9.17) is 4.74 Å². The zero-order chi connectivity index (χ0) is 27.6. The van der Waals surface area contributed by atoms with Crippen molar-refractivity contribution in [2.75, 3.05) is 38.1 Å². The zero-order valence-electron chi connectivity index (χ0n) is 22.6. The fraction of sp³-hybridized carbons (Fsp3) is 0.370. The van der Waals surface area contributed by atoms with Crippen molar-refractivity contribution in [3.05, 3.63) is 72.3 Å². The number of aromatic nitrogens is 5. The number of hydrogen-bond donors (Lipinski definition) is 1. The van der Waals surface area contributed by atoms with E-state index in [0.717, 1.165) is 37.6 Å². The van der Waals surface area contributed by atoms with Gasteiger partial charge in [-0.05, 0) is 52.1 Å². The van der Waals surface area contributed by atoms with Gasteiger partial charge in [-0.15, -0.1) is 5.10 Å². The molecule has 1 fully saturated rings. The number of nitrogens with one attached hydrogen (secondary N) is 1. The molecule has 0 aliphatic carbocycles. The molecule has 3 heterocycles. The lowest BCUT2D eigenvalue weighted by Gasteiger charge is -2.34. The Hall–Kier alpha value is -3.74. The lowest BCUT2D eigenvalue weighted by Crippen LogP contribution is -2.44. The van der Waals surface area contributed by atoms with Gasteiger partial charge in [0, 0.05) is 44.5 Å². The maximum absolute atomic E-state index is 13.3. The van der Waals surface area contributed by atoms with Crippen molar-refractivity contribution < 1.29 is 13.2 Å². The van der Waals surface area contributed by atoms with Crippen molar-refractivity contribution in [2.24, 2.45) is 0 Å². The topological polar surface area (TPSA) is 110 Å². The number of ether oxygens (including phenoxy) is 1. The van der Waals surface area contributed by atoms with Crippen LogP contribution in [0, 0.1) is 6.92 Å². The zero-order valence-corrected chi connectivity index (χ0v) is 23.5. The van der Waals surface area contributed by atoms with Crippen LogP contribution >= 0.6 is 0 Å². The summed E-state index contributed by atoms with van der Waals surface area (Å²) >= 11 is 0. The minimum Gasteiger partial charge on any atom is -0.424 e. The molecule has 0 radical (unpaired) electrons. The molecule has 12 heteroatoms. The Morgan fingerprint density at radius 1 is 1.00 bits per heavy atom. The third-order valence-corrected chi connectivity index (χ3v) is 8.57. The molecular weight excluding hydrogens is 516 g/mol. The Labute approximate surface area is 229 Å². The molecule has 1 atom stereocenters. The van der Waals surface area contributed by atoms with E-state index in [1.165, 1.54) is 6.20 Å². The molecule has 0 unspecified atom stereocenters. The molecule has 1 aliphatic rings. The third-order valence-electron chi connectivity index (χ3n) is 6.93. The van der Waals surface area contributed by atoms with Crippen molar-refractivity contribution in [1.29, 1.82) is 0 Å². The molecule has 5 rings (SSSR count). The summed E-state index contributed by atoms with van der Waals surface area (Å²) in [5.41, 5.74) is 2.40. The van der Waals surface area contributed by atoms with E-state index in [0.29, 0.717) is 29.8 Å². The normalized spacial score (nSPS) is 15.4. The molecule has 0 amide bonds. The molecule has 0 saturated carbocycles. The van der Waals surface area contributed by atoms with E-state index in [2.05, 4.69) is 42.9 Å². The van der Waals surface area contributed by atoms with Gasteiger partial charge in [0.15, 0.2) is 5.82 Å². The highest BCUT2D eigenvalue weighted by Crippen LogP contribution is 2.28. The van der Waals surface area contributed by atoms with Crippen molar-refractivity contribution in [3.8, 4) is 17.4 Å². The summed E-state index contributed by atoms with van der Waals surface area (Å²) in [4.78, 5) is 4.76. The molecule has 11 nitrogen and oxygen atoms in total. The second-order valence-corrected chi connectivity index (χ2v) is 11.3. The molecule has 0 bridgehead atoms. The molecule has 1 saturated heterocycles. The number of anilines is 1. The first kappa shape index (κ1) is 26.9. The van der Waals surface area contributed by atoms with E-state index in [1.807, 2.05) is 55.5 Å². The molecule has 2 aromatic heterocycles. The van der Waals surface area contributed by atoms with Crippen LogP contribution in [-0.4, -0.2) is 71.1 Å². The fourth-order valence-corrected chi connectivity index (χ4v) is 6.10. The number of benzene rings is 2. The van der Waals surface area contributed by atoms with E-state index < -0.39 is 16.1 Å². The van der Waals surface area contributed by atoms with E-state index in [9.17, 15) is 8.42 Å². The van der Waals surface area contributed by atoms with Gasteiger partial charge in [0.1, 0.15) is 10.6 Å². The predicted molar refractivity (Wildman–Crippen MR) is 149 cm³/mol. The molecule has 1 aliphatic heterocycles. The first-order valence-corrected chi connectivity index (χ1v) is 14.5. The molecule has 0 spiro atoms. The first-order chi connectivity index (χ1) is 18.8. The summed E-state index contributed by atoms with van der Waals surface area (Å²) in [5, 5.41) is 12.8. The lowest BCUT2D eigenvalue weighted by molar-refractivity contribution is 0.312. The van der Waals surface area contributed by atoms with E-state index >= 15 is 0 Å². The maximum atomic E-state index is 13.3. The van der Waals surface area contributed by atoms with Crippen molar-refractivity contribution in [3.63, 3.8) is 0 Å². The molecular formula is C27H34N8O3S. The number of piperazine rings is 1. The maximum Gasteiger partial charge on any atom is 0.322 e. The van der Waals surface area contributed by atoms with Gasteiger partial charge < -0.3 is 14.5 Å². The molecule has 206 valence electrons. The number of nitrogens with zero attached hydrogens (tertiary/aromatic N) is 7. The highest BCUT2D eigenvalue weighted by atomic mass is 32.2. The van der Waals surface area contributed by atoms with Crippen LogP contribution in [0.25, 0.3) is 5.69 Å². The van der Waals surface area contributed by atoms with Gasteiger partial charge >= 0.3 is 6.01 Å². The van der Waals surface area contributed by atoms with Gasteiger partial charge in [-0.1, -0.05) is 29.4 Å². The third kappa shape index (κ3) is 5.68. The summed E-state index contributed by atoms with van der Waals surface area (Å²) in [6, 6.07) is 17.0. The minimum absolute atomic E-state index is 0.109. The van der Waals surface area contributed by atoms with Gasteiger partial charge in [-0.2, -0.15) is 5.10 Å². The standard InChI is InChI=1S/C27H34N8O3S/c1-5-34-26(20(2)31-39(36,37)25-19-28-35(21(25)3)22-10-7-6-8-11-22)29-30-27(34)38-24-13-9-12-23(18-24)33-16-14-32(4)15-17-33/h6-13,18-20,31H,5,14-17H2,1-4H3/t20-/m1/s1. The Morgan fingerprint density at radius 2 is 1.72 bits per heavy atom. The lowest BCUT2D eigenvalue weighted by atomic mass is 10.2. The van der Waals surface area contributed by atoms with Gasteiger partial charge in [0.25, 0.3) is 0 Å². The highest BCUT2D eigenvalue weighted by Gasteiger charge is 2.27. The highest BCUT2D eigenvalue weighted by molar-refractivity contribution is 7.89. The van der Waals surface area contributed by atoms with Gasteiger partial charge in [-0.25, -0.2) is 17.8 Å². The van der Waals surface area contributed by atoms with Gasteiger partial charge in [0.05, 0.1) is 23.6 Å². The fourth-order valence-electron chi connectivity index (χ4n) is 4.74. The Balaban J connectivity index is 1.33. The van der Waals surface area contributed by atoms with Crippen LogP contribution in [0.1, 0.15) is 31.4 Å². The largest absolute Gasteiger partial charge is 0.424 e. The SMILES string of the molecule is CCn1c(Oc2cccc(N3CCN(C)CC3)c2)nnc1[C@@H](C)NS(=O)(=O)c1cnn(-c2ccccc2)c1C. The Bertz CT molecular complexity index is 1530. The van der Waals surface area contributed by atoms with Crippen LogP contribution < -0.4 is 14.4 Å². The molecule has 39 heavy (non-hydrogen) atoms. The van der Waals surface area contributed by atoms with Crippen molar-refractivity contribution in [1.82, 2.24) is 34.2 Å². The van der Waals surface area contributed by atoms with Crippen LogP contribution in [0.4, 0.5) is 5.69 Å². The van der Waals surface area contributed by atoms with Crippen LogP contribution in [0.3, 0.4) is 0 Å². The van der Waals surface area contributed by atoms with E-state index in [-0.39, 0.29) is 4.90 Å². The van der Waals surface area contributed by atoms with Crippen LogP contribution in [0.2, 0.25) is 0 Å². The van der Waals surface area contributed by atoms with Crippen molar-refractivity contribution >= 4 is 15.7 Å². The second-order valence-electron chi connectivity index (χ2n) is 9.66. The molecule has 1 N–H and O–H groups in total. The summed E-state index contributed by atoms with van der Waals surface area (Å²) in [7, 11) is -1.76. The summed E-state index contributed by atoms with van der Waals surface area (Å²) in [5.74, 6) is 1.11. The smallest absolute Gasteiger partial charge is 0.322 e. The Morgan fingerprint density at radius 3 is 2.44 bits per heavy atom. The van der Waals surface area contributed by atoms with Gasteiger partial charge in [-0.3, -0.25) is 4.57 Å². The minimum atomic E-state index is -3.89. The van der Waals surface area contributed by atoms with Crippen LogP contribution in [0.5, 0.6) is 11.8 Å². The average molecular weight is 551 g/mol. The van der Waals surface area contributed by atoms with E-state index in [1.54, 1.807) is 23.1 Å². The molecule has 4 aromatic rings.